The smallest absolute Gasteiger partial charge is 0.265 e. The molecule has 4 aromatic rings. The number of fused-ring (bicyclic) bond motifs is 4. The van der Waals surface area contributed by atoms with Gasteiger partial charge >= 0.3 is 0 Å². The molecule has 1 N–H and O–H groups in total. The minimum absolute atomic E-state index is 0.0274. The molecule has 0 fully saturated rings. The second-order valence-electron chi connectivity index (χ2n) is 6.58. The normalized spacial score (nSPS) is 13.6. The number of para-hydroxylation sites is 3. The van der Waals surface area contributed by atoms with Crippen LogP contribution in [0.1, 0.15) is 6.42 Å². The summed E-state index contributed by atoms with van der Waals surface area (Å²) in [6.45, 7) is 1.33. The van der Waals surface area contributed by atoms with E-state index in [-0.39, 0.29) is 12.5 Å². The van der Waals surface area contributed by atoms with Gasteiger partial charge in [0, 0.05) is 18.5 Å². The van der Waals surface area contributed by atoms with Gasteiger partial charge in [0.05, 0.1) is 5.69 Å². The number of rotatable bonds is 5. The number of aromatic nitrogens is 2. The number of hydrogen-bond donors (Lipinski definition) is 1. The van der Waals surface area contributed by atoms with Gasteiger partial charge in [-0.2, -0.15) is 0 Å². The SMILES string of the molecule is O=C1COc2ccccc2N1CCCNc1ncnc2c1oc1ccccc12. The third-order valence-electron chi connectivity index (χ3n) is 4.82. The second-order valence-corrected chi connectivity index (χ2v) is 6.58. The Morgan fingerprint density at radius 3 is 2.89 bits per heavy atom. The van der Waals surface area contributed by atoms with E-state index in [4.69, 9.17) is 9.15 Å². The first-order chi connectivity index (χ1) is 13.8. The molecule has 2 aromatic heterocycles. The molecular weight excluding hydrogens is 356 g/mol. The summed E-state index contributed by atoms with van der Waals surface area (Å²) in [6.07, 6.45) is 2.29. The number of benzene rings is 2. The molecule has 1 amide bonds. The quantitative estimate of drug-likeness (QED) is 0.538. The van der Waals surface area contributed by atoms with Crippen molar-refractivity contribution in [3.63, 3.8) is 0 Å². The molecule has 1 aliphatic heterocycles. The Morgan fingerprint density at radius 2 is 1.93 bits per heavy atom. The predicted molar refractivity (Wildman–Crippen MR) is 107 cm³/mol. The predicted octanol–water partition coefficient (Wildman–Crippen LogP) is 3.60. The summed E-state index contributed by atoms with van der Waals surface area (Å²) < 4.78 is 11.4. The highest BCUT2D eigenvalue weighted by atomic mass is 16.5. The van der Waals surface area contributed by atoms with E-state index >= 15 is 0 Å². The lowest BCUT2D eigenvalue weighted by Gasteiger charge is -2.29. The molecule has 2 aromatic carbocycles. The molecule has 0 saturated carbocycles. The summed E-state index contributed by atoms with van der Waals surface area (Å²) in [5.41, 5.74) is 3.05. The molecule has 0 aliphatic carbocycles. The van der Waals surface area contributed by atoms with Crippen molar-refractivity contribution in [3.8, 4) is 5.75 Å². The summed E-state index contributed by atoms with van der Waals surface area (Å²) in [5, 5.41) is 4.28. The first-order valence-electron chi connectivity index (χ1n) is 9.19. The molecule has 0 unspecified atom stereocenters. The summed E-state index contributed by atoms with van der Waals surface area (Å²) >= 11 is 0. The Morgan fingerprint density at radius 1 is 1.07 bits per heavy atom. The summed E-state index contributed by atoms with van der Waals surface area (Å²) in [4.78, 5) is 22.7. The van der Waals surface area contributed by atoms with Crippen molar-refractivity contribution in [3.05, 3.63) is 54.9 Å². The van der Waals surface area contributed by atoms with E-state index in [1.165, 1.54) is 6.33 Å². The zero-order valence-corrected chi connectivity index (χ0v) is 15.1. The number of furan rings is 1. The Hall–Kier alpha value is -3.61. The monoisotopic (exact) mass is 374 g/mol. The molecule has 3 heterocycles. The first kappa shape index (κ1) is 16.6. The highest BCUT2D eigenvalue weighted by molar-refractivity contribution is 6.05. The first-order valence-corrected chi connectivity index (χ1v) is 9.19. The number of hydrogen-bond acceptors (Lipinski definition) is 6. The lowest BCUT2D eigenvalue weighted by Crippen LogP contribution is -2.39. The van der Waals surface area contributed by atoms with Crippen LogP contribution in [0.3, 0.4) is 0 Å². The van der Waals surface area contributed by atoms with E-state index in [2.05, 4.69) is 15.3 Å². The summed E-state index contributed by atoms with van der Waals surface area (Å²) in [6, 6.07) is 15.4. The fourth-order valence-corrected chi connectivity index (χ4v) is 3.49. The topological polar surface area (TPSA) is 80.5 Å². The van der Waals surface area contributed by atoms with Gasteiger partial charge in [0.2, 0.25) is 0 Å². The third kappa shape index (κ3) is 2.81. The average molecular weight is 374 g/mol. The molecule has 0 atom stereocenters. The number of carbonyl (C=O) groups excluding carboxylic acids is 1. The minimum atomic E-state index is -0.0274. The Labute approximate surface area is 160 Å². The van der Waals surface area contributed by atoms with Gasteiger partial charge in [0.15, 0.2) is 18.0 Å². The van der Waals surface area contributed by atoms with E-state index in [1.54, 1.807) is 4.90 Å². The Balaban J connectivity index is 1.30. The highest BCUT2D eigenvalue weighted by Crippen LogP contribution is 2.32. The van der Waals surface area contributed by atoms with Crippen LogP contribution >= 0.6 is 0 Å². The van der Waals surface area contributed by atoms with Crippen LogP contribution in [0.5, 0.6) is 5.75 Å². The lowest BCUT2D eigenvalue weighted by atomic mass is 10.2. The number of anilines is 2. The molecule has 1 aliphatic rings. The molecule has 0 radical (unpaired) electrons. The van der Waals surface area contributed by atoms with Gasteiger partial charge in [-0.15, -0.1) is 0 Å². The van der Waals surface area contributed by atoms with Crippen molar-refractivity contribution < 1.29 is 13.9 Å². The van der Waals surface area contributed by atoms with Crippen LogP contribution in [0.4, 0.5) is 11.5 Å². The standard InChI is InChI=1S/C21H18N4O3/c26-18-12-27-17-9-4-2-7-15(17)25(18)11-5-10-22-21-20-19(23-13-24-21)14-6-1-3-8-16(14)28-20/h1-4,6-9,13H,5,10-12H2,(H,22,23,24). The van der Waals surface area contributed by atoms with Gasteiger partial charge in [-0.1, -0.05) is 24.3 Å². The van der Waals surface area contributed by atoms with Crippen molar-refractivity contribution in [2.75, 3.05) is 29.9 Å². The van der Waals surface area contributed by atoms with Crippen molar-refractivity contribution in [2.45, 2.75) is 6.42 Å². The van der Waals surface area contributed by atoms with Crippen LogP contribution in [0.2, 0.25) is 0 Å². The van der Waals surface area contributed by atoms with Gasteiger partial charge < -0.3 is 19.4 Å². The molecule has 0 saturated heterocycles. The van der Waals surface area contributed by atoms with E-state index in [1.807, 2.05) is 48.5 Å². The molecule has 7 nitrogen and oxygen atoms in total. The third-order valence-corrected chi connectivity index (χ3v) is 4.82. The van der Waals surface area contributed by atoms with Gasteiger partial charge in [-0.25, -0.2) is 9.97 Å². The van der Waals surface area contributed by atoms with Gasteiger partial charge in [0.25, 0.3) is 5.91 Å². The zero-order chi connectivity index (χ0) is 18.9. The van der Waals surface area contributed by atoms with Crippen LogP contribution < -0.4 is 15.0 Å². The maximum atomic E-state index is 12.2. The van der Waals surface area contributed by atoms with Crippen LogP contribution in [-0.4, -0.2) is 35.6 Å². The van der Waals surface area contributed by atoms with Gasteiger partial charge in [-0.05, 0) is 30.7 Å². The number of carbonyl (C=O) groups is 1. The van der Waals surface area contributed by atoms with Crippen molar-refractivity contribution in [1.29, 1.82) is 0 Å². The molecule has 5 rings (SSSR count). The highest BCUT2D eigenvalue weighted by Gasteiger charge is 2.24. The lowest BCUT2D eigenvalue weighted by molar-refractivity contribution is -0.121. The summed E-state index contributed by atoms with van der Waals surface area (Å²) in [7, 11) is 0. The van der Waals surface area contributed by atoms with E-state index in [0.717, 1.165) is 34.3 Å². The minimum Gasteiger partial charge on any atom is -0.482 e. The number of amides is 1. The van der Waals surface area contributed by atoms with Crippen molar-refractivity contribution >= 4 is 39.5 Å². The van der Waals surface area contributed by atoms with Gasteiger partial charge in [0.1, 0.15) is 23.2 Å². The fraction of sp³-hybridized carbons (Fsp3) is 0.190. The molecule has 7 heteroatoms. The fourth-order valence-electron chi connectivity index (χ4n) is 3.49. The van der Waals surface area contributed by atoms with Crippen molar-refractivity contribution in [1.82, 2.24) is 9.97 Å². The van der Waals surface area contributed by atoms with E-state index in [0.29, 0.717) is 24.5 Å². The molecule has 0 bridgehead atoms. The maximum Gasteiger partial charge on any atom is 0.265 e. The number of ether oxygens (including phenoxy) is 1. The van der Waals surface area contributed by atoms with Crippen LogP contribution in [0.25, 0.3) is 22.1 Å². The molecule has 28 heavy (non-hydrogen) atoms. The molecule has 140 valence electrons. The number of nitrogens with zero attached hydrogens (tertiary/aromatic N) is 3. The zero-order valence-electron chi connectivity index (χ0n) is 15.1. The summed E-state index contributed by atoms with van der Waals surface area (Å²) in [5.74, 6) is 1.38. The van der Waals surface area contributed by atoms with E-state index in [9.17, 15) is 4.79 Å². The molecule has 0 spiro atoms. The van der Waals surface area contributed by atoms with Crippen LogP contribution in [0, 0.1) is 0 Å². The average Bonchev–Trinajstić information content (AvgIpc) is 3.12. The second kappa shape index (κ2) is 6.84. The Bertz CT molecular complexity index is 1170. The maximum absolute atomic E-state index is 12.2. The van der Waals surface area contributed by atoms with Gasteiger partial charge in [-0.3, -0.25) is 4.79 Å². The van der Waals surface area contributed by atoms with Crippen LogP contribution in [-0.2, 0) is 4.79 Å². The Kier molecular flexibility index (Phi) is 4.05. The number of nitrogens with one attached hydrogen (secondary N) is 1. The van der Waals surface area contributed by atoms with E-state index < -0.39 is 0 Å². The molecular formula is C21H18N4O3. The van der Waals surface area contributed by atoms with Crippen molar-refractivity contribution in [2.24, 2.45) is 0 Å². The van der Waals surface area contributed by atoms with Crippen LogP contribution in [0.15, 0.2) is 59.3 Å². The largest absolute Gasteiger partial charge is 0.482 e.